The van der Waals surface area contributed by atoms with Crippen LogP contribution in [0.25, 0.3) is 0 Å². The third kappa shape index (κ3) is 4.70. The molecule has 2 nitrogen and oxygen atoms in total. The van der Waals surface area contributed by atoms with Gasteiger partial charge in [0, 0.05) is 12.8 Å². The van der Waals surface area contributed by atoms with E-state index in [1.54, 1.807) is 0 Å². The van der Waals surface area contributed by atoms with Crippen LogP contribution in [0.2, 0.25) is 0 Å². The van der Waals surface area contributed by atoms with Crippen molar-refractivity contribution in [3.05, 3.63) is 28.8 Å². The smallest absolute Gasteiger partial charge is 0.132 e. The van der Waals surface area contributed by atoms with E-state index in [1.165, 1.54) is 16.7 Å². The number of aryl methyl sites for hydroxylation is 1. The van der Waals surface area contributed by atoms with Crippen molar-refractivity contribution in [3.8, 4) is 5.75 Å². The molecule has 0 bridgehead atoms. The average molecular weight is 262 g/mol. The van der Waals surface area contributed by atoms with E-state index in [2.05, 4.69) is 32.9 Å². The highest BCUT2D eigenvalue weighted by Gasteiger charge is 2.08. The number of carbonyl (C=O) groups excluding carboxylic acids is 1. The number of carbonyl (C=O) groups is 1. The van der Waals surface area contributed by atoms with Crippen LogP contribution in [-0.4, -0.2) is 12.4 Å². The maximum atomic E-state index is 11.5. The maximum Gasteiger partial charge on any atom is 0.132 e. The zero-order valence-electron chi connectivity index (χ0n) is 12.7. The van der Waals surface area contributed by atoms with Gasteiger partial charge >= 0.3 is 0 Å². The summed E-state index contributed by atoms with van der Waals surface area (Å²) in [5, 5.41) is 0. The van der Waals surface area contributed by atoms with E-state index < -0.39 is 0 Å². The molecule has 0 atom stereocenters. The van der Waals surface area contributed by atoms with E-state index in [9.17, 15) is 4.79 Å². The molecule has 0 N–H and O–H groups in total. The van der Waals surface area contributed by atoms with E-state index in [0.29, 0.717) is 18.8 Å². The van der Waals surface area contributed by atoms with Crippen LogP contribution >= 0.6 is 0 Å². The van der Waals surface area contributed by atoms with Gasteiger partial charge in [-0.1, -0.05) is 13.0 Å². The van der Waals surface area contributed by atoms with Gasteiger partial charge in [0.15, 0.2) is 0 Å². The van der Waals surface area contributed by atoms with Crippen LogP contribution < -0.4 is 4.74 Å². The molecule has 0 saturated heterocycles. The largest absolute Gasteiger partial charge is 0.494 e. The van der Waals surface area contributed by atoms with Gasteiger partial charge in [-0.15, -0.1) is 0 Å². The Morgan fingerprint density at radius 3 is 2.47 bits per heavy atom. The normalized spacial score (nSPS) is 10.5. The summed E-state index contributed by atoms with van der Waals surface area (Å²) in [7, 11) is 0. The van der Waals surface area contributed by atoms with Crippen LogP contribution in [0.3, 0.4) is 0 Å². The Balaban J connectivity index is 2.60. The van der Waals surface area contributed by atoms with Gasteiger partial charge in [-0.05, 0) is 62.8 Å². The first-order chi connectivity index (χ1) is 9.10. The fourth-order valence-electron chi connectivity index (χ4n) is 2.31. The van der Waals surface area contributed by atoms with E-state index in [1.807, 2.05) is 6.92 Å². The lowest BCUT2D eigenvalue weighted by molar-refractivity contribution is -0.119. The van der Waals surface area contributed by atoms with Crippen LogP contribution in [0.1, 0.15) is 56.2 Å². The molecule has 0 unspecified atom stereocenters. The highest BCUT2D eigenvalue weighted by Crippen LogP contribution is 2.25. The Labute approximate surface area is 117 Å². The van der Waals surface area contributed by atoms with Crippen LogP contribution in [0, 0.1) is 13.8 Å². The van der Waals surface area contributed by atoms with Crippen LogP contribution in [0.15, 0.2) is 12.1 Å². The number of ether oxygens (including phenoxy) is 1. The number of Topliss-reactive ketones (excluding diaryl/α,β-unsaturated/α-hetero) is 1. The molecule has 0 radical (unpaired) electrons. The summed E-state index contributed by atoms with van der Waals surface area (Å²) in [5.74, 6) is 1.37. The molecule has 0 fully saturated rings. The van der Waals surface area contributed by atoms with E-state index in [-0.39, 0.29) is 0 Å². The second-order valence-electron chi connectivity index (χ2n) is 5.05. The molecule has 0 aliphatic carbocycles. The van der Waals surface area contributed by atoms with Crippen molar-refractivity contribution >= 4 is 5.78 Å². The molecule has 0 aromatic heterocycles. The van der Waals surface area contributed by atoms with Gasteiger partial charge in [0.1, 0.15) is 11.5 Å². The SMILES string of the molecule is CCCC(=O)CCCc1ccc(OCC)c(C)c1C. The number of hydrogen-bond acceptors (Lipinski definition) is 2. The minimum Gasteiger partial charge on any atom is -0.494 e. The molecule has 2 heteroatoms. The van der Waals surface area contributed by atoms with Gasteiger partial charge in [0.2, 0.25) is 0 Å². The Hall–Kier alpha value is -1.31. The third-order valence-electron chi connectivity index (χ3n) is 3.58. The fourth-order valence-corrected chi connectivity index (χ4v) is 2.31. The molecule has 0 aliphatic rings. The topological polar surface area (TPSA) is 26.3 Å². The number of rotatable bonds is 8. The summed E-state index contributed by atoms with van der Waals surface area (Å²) < 4.78 is 5.59. The summed E-state index contributed by atoms with van der Waals surface area (Å²) in [6.07, 6.45) is 4.32. The summed E-state index contributed by atoms with van der Waals surface area (Å²) in [6, 6.07) is 4.19. The molecule has 0 heterocycles. The van der Waals surface area contributed by atoms with Crippen molar-refractivity contribution in [1.82, 2.24) is 0 Å². The highest BCUT2D eigenvalue weighted by molar-refractivity contribution is 5.78. The lowest BCUT2D eigenvalue weighted by atomic mass is 9.97. The third-order valence-corrected chi connectivity index (χ3v) is 3.58. The first-order valence-corrected chi connectivity index (χ1v) is 7.33. The molecular formula is C17H26O2. The van der Waals surface area contributed by atoms with Crippen molar-refractivity contribution in [1.29, 1.82) is 0 Å². The van der Waals surface area contributed by atoms with Gasteiger partial charge in [-0.25, -0.2) is 0 Å². The molecule has 1 aromatic rings. The molecule has 19 heavy (non-hydrogen) atoms. The number of hydrogen-bond donors (Lipinski definition) is 0. The predicted molar refractivity (Wildman–Crippen MR) is 79.9 cm³/mol. The monoisotopic (exact) mass is 262 g/mol. The first kappa shape index (κ1) is 15.7. The lowest BCUT2D eigenvalue weighted by Gasteiger charge is -2.13. The Kier molecular flexibility index (Phi) is 6.61. The van der Waals surface area contributed by atoms with Gasteiger partial charge in [-0.3, -0.25) is 4.79 Å². The minimum absolute atomic E-state index is 0.391. The van der Waals surface area contributed by atoms with E-state index in [4.69, 9.17) is 4.74 Å². The van der Waals surface area contributed by atoms with E-state index >= 15 is 0 Å². The number of ketones is 1. The highest BCUT2D eigenvalue weighted by atomic mass is 16.5. The summed E-state index contributed by atoms with van der Waals surface area (Å²) in [6.45, 7) is 9.00. The standard InChI is InChI=1S/C17H26O2/c1-5-8-16(18)10-7-9-15-11-12-17(19-6-2)14(4)13(15)3/h11-12H,5-10H2,1-4H3. The Morgan fingerprint density at radius 2 is 1.84 bits per heavy atom. The van der Waals surface area contributed by atoms with Gasteiger partial charge < -0.3 is 4.74 Å². The van der Waals surface area contributed by atoms with Crippen LogP contribution in [-0.2, 0) is 11.2 Å². The first-order valence-electron chi connectivity index (χ1n) is 7.33. The summed E-state index contributed by atoms with van der Waals surface area (Å²) in [5.41, 5.74) is 3.86. The van der Waals surface area contributed by atoms with Crippen molar-refractivity contribution < 1.29 is 9.53 Å². The second-order valence-corrected chi connectivity index (χ2v) is 5.05. The van der Waals surface area contributed by atoms with Crippen LogP contribution in [0.5, 0.6) is 5.75 Å². The van der Waals surface area contributed by atoms with Gasteiger partial charge in [0.05, 0.1) is 6.61 Å². The number of benzene rings is 1. The average Bonchev–Trinajstić information content (AvgIpc) is 2.38. The molecule has 106 valence electrons. The quantitative estimate of drug-likeness (QED) is 0.694. The van der Waals surface area contributed by atoms with Crippen molar-refractivity contribution in [2.45, 2.75) is 59.8 Å². The Morgan fingerprint density at radius 1 is 1.11 bits per heavy atom. The zero-order valence-corrected chi connectivity index (χ0v) is 12.7. The molecule has 0 amide bonds. The van der Waals surface area contributed by atoms with Crippen molar-refractivity contribution in [3.63, 3.8) is 0 Å². The predicted octanol–water partition coefficient (Wildman–Crippen LogP) is 4.39. The van der Waals surface area contributed by atoms with Gasteiger partial charge in [0.25, 0.3) is 0 Å². The van der Waals surface area contributed by atoms with Crippen molar-refractivity contribution in [2.24, 2.45) is 0 Å². The zero-order chi connectivity index (χ0) is 14.3. The van der Waals surface area contributed by atoms with Gasteiger partial charge in [-0.2, -0.15) is 0 Å². The fraction of sp³-hybridized carbons (Fsp3) is 0.588. The molecular weight excluding hydrogens is 236 g/mol. The second kappa shape index (κ2) is 7.98. The Bertz CT molecular complexity index is 422. The molecule has 0 aliphatic heterocycles. The minimum atomic E-state index is 0.391. The lowest BCUT2D eigenvalue weighted by Crippen LogP contribution is -2.01. The molecule has 0 spiro atoms. The maximum absolute atomic E-state index is 11.5. The molecule has 1 aromatic carbocycles. The molecule has 1 rings (SSSR count). The van der Waals surface area contributed by atoms with E-state index in [0.717, 1.165) is 31.4 Å². The van der Waals surface area contributed by atoms with Crippen molar-refractivity contribution in [2.75, 3.05) is 6.61 Å². The van der Waals surface area contributed by atoms with Crippen LogP contribution in [0.4, 0.5) is 0 Å². The summed E-state index contributed by atoms with van der Waals surface area (Å²) >= 11 is 0. The summed E-state index contributed by atoms with van der Waals surface area (Å²) in [4.78, 5) is 11.5. The molecule has 0 saturated carbocycles.